The van der Waals surface area contributed by atoms with E-state index < -0.39 is 0 Å². The number of rotatable bonds is 6. The molecule has 0 bridgehead atoms. The highest BCUT2D eigenvalue weighted by atomic mass is 16.2. The molecular weight excluding hydrogens is 330 g/mol. The first kappa shape index (κ1) is 19.7. The largest absolute Gasteiger partial charge is 0.349 e. The summed E-state index contributed by atoms with van der Waals surface area (Å²) in [7, 11) is 0. The normalized spacial score (nSPS) is 14.6. The van der Waals surface area contributed by atoms with Crippen LogP contribution in [0.15, 0.2) is 36.9 Å². The molecule has 0 aliphatic carbocycles. The number of benzene rings is 1. The number of hydrogen-bond acceptors (Lipinski definition) is 3. The summed E-state index contributed by atoms with van der Waals surface area (Å²) < 4.78 is 0. The predicted octanol–water partition coefficient (Wildman–Crippen LogP) is 1.75. The molecule has 1 fully saturated rings. The fourth-order valence-electron chi connectivity index (χ4n) is 2.98. The first-order chi connectivity index (χ1) is 12.4. The van der Waals surface area contributed by atoms with Crippen molar-refractivity contribution in [3.8, 4) is 0 Å². The second-order valence-electron chi connectivity index (χ2n) is 6.55. The van der Waals surface area contributed by atoms with Gasteiger partial charge in [-0.15, -0.1) is 0 Å². The molecule has 6 heteroatoms. The van der Waals surface area contributed by atoms with Gasteiger partial charge in [-0.3, -0.25) is 14.4 Å². The van der Waals surface area contributed by atoms with Crippen molar-refractivity contribution in [2.24, 2.45) is 0 Å². The Hall–Kier alpha value is -2.63. The Morgan fingerprint density at radius 1 is 1.23 bits per heavy atom. The lowest BCUT2D eigenvalue weighted by atomic mass is 10.0. The van der Waals surface area contributed by atoms with Crippen molar-refractivity contribution in [1.29, 1.82) is 0 Å². The molecule has 1 saturated heterocycles. The molecule has 1 aromatic carbocycles. The van der Waals surface area contributed by atoms with Crippen molar-refractivity contribution in [2.45, 2.75) is 32.7 Å². The van der Waals surface area contributed by atoms with Gasteiger partial charge in [0, 0.05) is 31.2 Å². The zero-order valence-corrected chi connectivity index (χ0v) is 15.5. The highest BCUT2D eigenvalue weighted by Crippen LogP contribution is 2.12. The van der Waals surface area contributed by atoms with Crippen LogP contribution in [-0.4, -0.2) is 59.7 Å². The van der Waals surface area contributed by atoms with E-state index in [1.807, 2.05) is 38.1 Å². The fourth-order valence-corrected chi connectivity index (χ4v) is 2.98. The minimum Gasteiger partial charge on any atom is -0.349 e. The van der Waals surface area contributed by atoms with Crippen LogP contribution < -0.4 is 5.32 Å². The standard InChI is InChI=1S/C20H27N3O3/c1-4-18(24)22(5-2)14-19(25)23-12-10-17(11-13-23)21-20(26)16-8-6-15(3)7-9-16/h4,6-9,17H,1,5,10-14H2,2-3H3,(H,21,26). The maximum absolute atomic E-state index is 12.4. The number of hydrogen-bond donors (Lipinski definition) is 1. The third kappa shape index (κ3) is 5.18. The van der Waals surface area contributed by atoms with Crippen molar-refractivity contribution in [1.82, 2.24) is 15.1 Å². The smallest absolute Gasteiger partial charge is 0.251 e. The molecule has 2 rings (SSSR count). The van der Waals surface area contributed by atoms with Crippen LogP contribution in [-0.2, 0) is 9.59 Å². The van der Waals surface area contributed by atoms with Gasteiger partial charge < -0.3 is 15.1 Å². The third-order valence-electron chi connectivity index (χ3n) is 4.69. The molecular formula is C20H27N3O3. The number of aryl methyl sites for hydroxylation is 1. The van der Waals surface area contributed by atoms with Crippen molar-refractivity contribution in [3.05, 3.63) is 48.0 Å². The van der Waals surface area contributed by atoms with Gasteiger partial charge in [0.25, 0.3) is 5.91 Å². The molecule has 6 nitrogen and oxygen atoms in total. The Labute approximate surface area is 154 Å². The molecule has 0 radical (unpaired) electrons. The molecule has 0 unspecified atom stereocenters. The van der Waals surface area contributed by atoms with E-state index in [0.29, 0.717) is 38.0 Å². The van der Waals surface area contributed by atoms with Crippen molar-refractivity contribution in [2.75, 3.05) is 26.2 Å². The van der Waals surface area contributed by atoms with E-state index in [2.05, 4.69) is 11.9 Å². The highest BCUT2D eigenvalue weighted by molar-refractivity contribution is 5.94. The summed E-state index contributed by atoms with van der Waals surface area (Å²) in [5, 5.41) is 3.04. The minimum absolute atomic E-state index is 0.0601. The van der Waals surface area contributed by atoms with Gasteiger partial charge in [0.05, 0.1) is 6.54 Å². The molecule has 140 valence electrons. The number of carbonyl (C=O) groups excluding carboxylic acids is 3. The van der Waals surface area contributed by atoms with Gasteiger partial charge in [0.1, 0.15) is 0 Å². The lowest BCUT2D eigenvalue weighted by molar-refractivity contribution is -0.138. The quantitative estimate of drug-likeness (QED) is 0.789. The zero-order chi connectivity index (χ0) is 19.1. The number of likely N-dealkylation sites (tertiary alicyclic amines) is 1. The Bertz CT molecular complexity index is 661. The number of nitrogens with zero attached hydrogens (tertiary/aromatic N) is 2. The van der Waals surface area contributed by atoms with Crippen LogP contribution in [0, 0.1) is 6.92 Å². The summed E-state index contributed by atoms with van der Waals surface area (Å²) in [6, 6.07) is 7.53. The van der Waals surface area contributed by atoms with Crippen molar-refractivity contribution >= 4 is 17.7 Å². The van der Waals surface area contributed by atoms with E-state index in [1.165, 1.54) is 11.0 Å². The number of likely N-dealkylation sites (N-methyl/N-ethyl adjacent to an activating group) is 1. The van der Waals surface area contributed by atoms with Gasteiger partial charge in [-0.2, -0.15) is 0 Å². The number of carbonyl (C=O) groups is 3. The molecule has 3 amide bonds. The Balaban J connectivity index is 1.81. The monoisotopic (exact) mass is 357 g/mol. The molecule has 1 aliphatic rings. The van der Waals surface area contributed by atoms with Crippen LogP contribution in [0.3, 0.4) is 0 Å². The van der Waals surface area contributed by atoms with E-state index in [9.17, 15) is 14.4 Å². The molecule has 0 saturated carbocycles. The van der Waals surface area contributed by atoms with E-state index in [1.54, 1.807) is 4.90 Å². The SMILES string of the molecule is C=CC(=O)N(CC)CC(=O)N1CCC(NC(=O)c2ccc(C)cc2)CC1. The Morgan fingerprint density at radius 2 is 1.85 bits per heavy atom. The van der Waals surface area contributed by atoms with Crippen molar-refractivity contribution < 1.29 is 14.4 Å². The number of nitrogens with one attached hydrogen (secondary N) is 1. The molecule has 0 atom stereocenters. The van der Waals surface area contributed by atoms with Gasteiger partial charge in [-0.1, -0.05) is 24.3 Å². The topological polar surface area (TPSA) is 69.7 Å². The van der Waals surface area contributed by atoms with Gasteiger partial charge >= 0.3 is 0 Å². The maximum Gasteiger partial charge on any atom is 0.251 e. The highest BCUT2D eigenvalue weighted by Gasteiger charge is 2.25. The summed E-state index contributed by atoms with van der Waals surface area (Å²) in [6.45, 7) is 8.98. The van der Waals surface area contributed by atoms with Crippen LogP contribution in [0.1, 0.15) is 35.7 Å². The minimum atomic E-state index is -0.235. The third-order valence-corrected chi connectivity index (χ3v) is 4.69. The molecule has 1 N–H and O–H groups in total. The van der Waals surface area contributed by atoms with E-state index in [-0.39, 0.29) is 30.3 Å². The van der Waals surface area contributed by atoms with Crippen LogP contribution in [0.5, 0.6) is 0 Å². The summed E-state index contributed by atoms with van der Waals surface area (Å²) in [4.78, 5) is 39.6. The average Bonchev–Trinajstić information content (AvgIpc) is 2.66. The van der Waals surface area contributed by atoms with Gasteiger partial charge in [0.15, 0.2) is 0 Å². The van der Waals surface area contributed by atoms with Gasteiger partial charge in [-0.25, -0.2) is 0 Å². The molecule has 0 spiro atoms. The lowest BCUT2D eigenvalue weighted by Crippen LogP contribution is -2.49. The van der Waals surface area contributed by atoms with Crippen LogP contribution in [0.2, 0.25) is 0 Å². The van der Waals surface area contributed by atoms with Crippen LogP contribution >= 0.6 is 0 Å². The Kier molecular flexibility index (Phi) is 6.95. The molecule has 1 aliphatic heterocycles. The summed E-state index contributed by atoms with van der Waals surface area (Å²) in [6.07, 6.45) is 2.65. The zero-order valence-electron chi connectivity index (χ0n) is 15.5. The van der Waals surface area contributed by atoms with Crippen LogP contribution in [0.25, 0.3) is 0 Å². The number of piperidine rings is 1. The predicted molar refractivity (Wildman–Crippen MR) is 101 cm³/mol. The maximum atomic E-state index is 12.4. The van der Waals surface area contributed by atoms with E-state index in [0.717, 1.165) is 5.56 Å². The molecule has 1 heterocycles. The van der Waals surface area contributed by atoms with Crippen LogP contribution in [0.4, 0.5) is 0 Å². The van der Waals surface area contributed by atoms with E-state index >= 15 is 0 Å². The van der Waals surface area contributed by atoms with Gasteiger partial charge in [0.2, 0.25) is 11.8 Å². The van der Waals surface area contributed by atoms with Crippen molar-refractivity contribution in [3.63, 3.8) is 0 Å². The average molecular weight is 357 g/mol. The molecule has 26 heavy (non-hydrogen) atoms. The Morgan fingerprint density at radius 3 is 2.38 bits per heavy atom. The first-order valence-electron chi connectivity index (χ1n) is 9.01. The lowest BCUT2D eigenvalue weighted by Gasteiger charge is -2.33. The summed E-state index contributed by atoms with van der Waals surface area (Å²) in [5.41, 5.74) is 1.76. The molecule has 1 aromatic rings. The number of amides is 3. The summed E-state index contributed by atoms with van der Waals surface area (Å²) >= 11 is 0. The van der Waals surface area contributed by atoms with E-state index in [4.69, 9.17) is 0 Å². The second-order valence-corrected chi connectivity index (χ2v) is 6.55. The molecule has 0 aromatic heterocycles. The summed E-state index contributed by atoms with van der Waals surface area (Å²) in [5.74, 6) is -0.380. The fraction of sp³-hybridized carbons (Fsp3) is 0.450. The van der Waals surface area contributed by atoms with Gasteiger partial charge in [-0.05, 0) is 44.9 Å². The second kappa shape index (κ2) is 9.17. The first-order valence-corrected chi connectivity index (χ1v) is 9.01.